The first-order chi connectivity index (χ1) is 16.2. The molecule has 0 radical (unpaired) electrons. The molecule has 1 fully saturated rings. The minimum Gasteiger partial charge on any atom is -0.507 e. The van der Waals surface area contributed by atoms with Crippen molar-refractivity contribution in [2.75, 3.05) is 14.1 Å². The number of likely N-dealkylation sites (tertiary alicyclic amines) is 1. The monoisotopic (exact) mass is 478 g/mol. The van der Waals surface area contributed by atoms with Crippen molar-refractivity contribution >= 4 is 27.5 Å². The Kier molecular flexibility index (Phi) is 6.27. The van der Waals surface area contributed by atoms with E-state index in [4.69, 9.17) is 0 Å². The van der Waals surface area contributed by atoms with E-state index < -0.39 is 27.8 Å². The van der Waals surface area contributed by atoms with Crippen LogP contribution in [0.5, 0.6) is 0 Å². The number of nitrogens with zero attached hydrogens (tertiary/aromatic N) is 4. The average Bonchev–Trinajstić information content (AvgIpc) is 3.09. The molecule has 1 N–H and O–H groups in total. The number of Topliss-reactive ketones (excluding diaryl/α,β-unsaturated/α-hetero) is 1. The molecule has 1 aliphatic rings. The zero-order valence-electron chi connectivity index (χ0n) is 18.5. The number of benzene rings is 1. The number of amides is 1. The van der Waals surface area contributed by atoms with Gasteiger partial charge in [0.2, 0.25) is 10.0 Å². The van der Waals surface area contributed by atoms with Gasteiger partial charge >= 0.3 is 0 Å². The van der Waals surface area contributed by atoms with Gasteiger partial charge in [0.1, 0.15) is 5.76 Å². The number of hydrogen-bond acceptors (Lipinski definition) is 7. The zero-order chi connectivity index (χ0) is 24.5. The fraction of sp³-hybridized carbons (Fsp3) is 0.167. The van der Waals surface area contributed by atoms with Crippen molar-refractivity contribution in [1.29, 1.82) is 0 Å². The fourth-order valence-electron chi connectivity index (χ4n) is 3.77. The Morgan fingerprint density at radius 1 is 1.00 bits per heavy atom. The van der Waals surface area contributed by atoms with Crippen molar-refractivity contribution in [2.45, 2.75) is 17.5 Å². The van der Waals surface area contributed by atoms with Crippen molar-refractivity contribution in [3.05, 3.63) is 95.6 Å². The Bertz CT molecular complexity index is 1360. The molecule has 1 aliphatic heterocycles. The summed E-state index contributed by atoms with van der Waals surface area (Å²) in [4.78, 5) is 35.6. The smallest absolute Gasteiger partial charge is 0.295 e. The van der Waals surface area contributed by atoms with Crippen LogP contribution in [0.3, 0.4) is 0 Å². The first-order valence-corrected chi connectivity index (χ1v) is 11.8. The second-order valence-electron chi connectivity index (χ2n) is 7.88. The molecule has 34 heavy (non-hydrogen) atoms. The van der Waals surface area contributed by atoms with E-state index in [1.54, 1.807) is 49.1 Å². The number of aromatic nitrogens is 2. The molecule has 1 atom stereocenters. The summed E-state index contributed by atoms with van der Waals surface area (Å²) in [5.41, 5.74) is 1.47. The van der Waals surface area contributed by atoms with Gasteiger partial charge < -0.3 is 10.0 Å². The Labute approximate surface area is 197 Å². The highest BCUT2D eigenvalue weighted by Crippen LogP contribution is 2.40. The molecule has 9 nitrogen and oxygen atoms in total. The van der Waals surface area contributed by atoms with Gasteiger partial charge in [-0.1, -0.05) is 6.07 Å². The molecule has 3 aromatic rings. The molecule has 2 aromatic heterocycles. The zero-order valence-corrected chi connectivity index (χ0v) is 19.3. The van der Waals surface area contributed by atoms with Gasteiger partial charge in [-0.15, -0.1) is 0 Å². The van der Waals surface area contributed by atoms with E-state index in [9.17, 15) is 23.1 Å². The number of carbonyl (C=O) groups excluding carboxylic acids is 2. The number of sulfonamides is 1. The van der Waals surface area contributed by atoms with Crippen LogP contribution >= 0.6 is 0 Å². The molecule has 1 unspecified atom stereocenters. The van der Waals surface area contributed by atoms with Crippen LogP contribution in [0.25, 0.3) is 5.76 Å². The highest BCUT2D eigenvalue weighted by atomic mass is 32.2. The summed E-state index contributed by atoms with van der Waals surface area (Å²) in [6.07, 6.45) is 6.30. The van der Waals surface area contributed by atoms with Crippen LogP contribution in [-0.4, -0.2) is 58.5 Å². The van der Waals surface area contributed by atoms with Gasteiger partial charge in [-0.3, -0.25) is 19.6 Å². The van der Waals surface area contributed by atoms with E-state index in [1.165, 1.54) is 43.3 Å². The normalized spacial score (nSPS) is 18.0. The van der Waals surface area contributed by atoms with E-state index in [-0.39, 0.29) is 28.3 Å². The Balaban J connectivity index is 1.81. The standard InChI is InChI=1S/C24H22N4O5S/c1-27(2)34(32,33)19-7-5-18(6-8-19)22(29)20-21(17-9-12-25-13-10-17)28(24(31)23(20)30)15-16-4-3-11-26-14-16/h3-14,21,29H,15H2,1-2H3/b22-20+. The number of rotatable bonds is 6. The molecule has 0 bridgehead atoms. The molecule has 174 valence electrons. The highest BCUT2D eigenvalue weighted by Gasteiger charge is 2.46. The molecule has 0 aliphatic carbocycles. The van der Waals surface area contributed by atoms with Crippen molar-refractivity contribution in [2.24, 2.45) is 0 Å². The first-order valence-electron chi connectivity index (χ1n) is 10.3. The lowest BCUT2D eigenvalue weighted by Crippen LogP contribution is -2.29. The lowest BCUT2D eigenvalue weighted by atomic mass is 9.96. The van der Waals surface area contributed by atoms with Crippen molar-refractivity contribution < 1.29 is 23.1 Å². The lowest BCUT2D eigenvalue weighted by Gasteiger charge is -2.25. The fourth-order valence-corrected chi connectivity index (χ4v) is 4.68. The van der Waals surface area contributed by atoms with Crippen LogP contribution < -0.4 is 0 Å². The summed E-state index contributed by atoms with van der Waals surface area (Å²) < 4.78 is 25.8. The van der Waals surface area contributed by atoms with Crippen LogP contribution in [0.15, 0.2) is 83.8 Å². The molecule has 0 saturated carbocycles. The Hall–Kier alpha value is -3.89. The Morgan fingerprint density at radius 2 is 1.68 bits per heavy atom. The minimum absolute atomic E-state index is 0.0387. The summed E-state index contributed by atoms with van der Waals surface area (Å²) in [6, 6.07) is 11.5. The Morgan fingerprint density at radius 3 is 2.26 bits per heavy atom. The van der Waals surface area contributed by atoms with E-state index in [2.05, 4.69) is 9.97 Å². The third-order valence-electron chi connectivity index (χ3n) is 5.54. The van der Waals surface area contributed by atoms with Gasteiger partial charge in [-0.2, -0.15) is 0 Å². The van der Waals surface area contributed by atoms with Gasteiger partial charge in [0.15, 0.2) is 0 Å². The van der Waals surface area contributed by atoms with Gasteiger partial charge in [0.05, 0.1) is 16.5 Å². The maximum atomic E-state index is 13.1. The number of ketones is 1. The quantitative estimate of drug-likeness (QED) is 0.328. The van der Waals surface area contributed by atoms with Crippen LogP contribution in [0.1, 0.15) is 22.7 Å². The number of pyridine rings is 2. The molecule has 0 spiro atoms. The molecule has 4 rings (SSSR count). The molecule has 1 saturated heterocycles. The van der Waals surface area contributed by atoms with Crippen molar-refractivity contribution in [1.82, 2.24) is 19.2 Å². The van der Waals surface area contributed by atoms with Crippen LogP contribution in [-0.2, 0) is 26.2 Å². The van der Waals surface area contributed by atoms with Crippen LogP contribution in [0.2, 0.25) is 0 Å². The maximum Gasteiger partial charge on any atom is 0.295 e. The largest absolute Gasteiger partial charge is 0.507 e. The average molecular weight is 479 g/mol. The second-order valence-corrected chi connectivity index (χ2v) is 10.0. The number of aliphatic hydroxyl groups excluding tert-OH is 1. The SMILES string of the molecule is CN(C)S(=O)(=O)c1ccc(/C(O)=C2\C(=O)C(=O)N(Cc3cccnc3)C2c2ccncc2)cc1. The predicted molar refractivity (Wildman–Crippen MR) is 124 cm³/mol. The summed E-state index contributed by atoms with van der Waals surface area (Å²) in [5.74, 6) is -1.96. The third kappa shape index (κ3) is 4.20. The minimum atomic E-state index is -3.66. The van der Waals surface area contributed by atoms with E-state index in [1.807, 2.05) is 0 Å². The summed E-state index contributed by atoms with van der Waals surface area (Å²) >= 11 is 0. The number of aliphatic hydroxyl groups is 1. The molecule has 1 amide bonds. The molecular formula is C24H22N4O5S. The topological polar surface area (TPSA) is 121 Å². The van der Waals surface area contributed by atoms with E-state index in [0.29, 0.717) is 5.56 Å². The van der Waals surface area contributed by atoms with Gasteiger partial charge in [-0.05, 0) is 53.6 Å². The van der Waals surface area contributed by atoms with Crippen molar-refractivity contribution in [3.63, 3.8) is 0 Å². The first kappa shape index (κ1) is 23.3. The second kappa shape index (κ2) is 9.16. The molecule has 1 aromatic carbocycles. The van der Waals surface area contributed by atoms with E-state index >= 15 is 0 Å². The predicted octanol–water partition coefficient (Wildman–Crippen LogP) is 2.35. The highest BCUT2D eigenvalue weighted by molar-refractivity contribution is 7.89. The summed E-state index contributed by atoms with van der Waals surface area (Å²) in [7, 11) is -0.825. The molecule has 10 heteroatoms. The number of hydrogen-bond donors (Lipinski definition) is 1. The number of carbonyl (C=O) groups is 2. The lowest BCUT2D eigenvalue weighted by molar-refractivity contribution is -0.140. The van der Waals surface area contributed by atoms with Crippen LogP contribution in [0, 0.1) is 0 Å². The van der Waals surface area contributed by atoms with Gasteiger partial charge in [-0.25, -0.2) is 12.7 Å². The van der Waals surface area contributed by atoms with Crippen molar-refractivity contribution in [3.8, 4) is 0 Å². The van der Waals surface area contributed by atoms with E-state index in [0.717, 1.165) is 9.87 Å². The van der Waals surface area contributed by atoms with Crippen LogP contribution in [0.4, 0.5) is 0 Å². The summed E-state index contributed by atoms with van der Waals surface area (Å²) in [5, 5.41) is 11.1. The summed E-state index contributed by atoms with van der Waals surface area (Å²) in [6.45, 7) is 0.113. The van der Waals surface area contributed by atoms with Gasteiger partial charge in [0.25, 0.3) is 11.7 Å². The molecular weight excluding hydrogens is 456 g/mol. The maximum absolute atomic E-state index is 13.1. The molecule has 3 heterocycles. The third-order valence-corrected chi connectivity index (χ3v) is 7.37. The van der Waals surface area contributed by atoms with Gasteiger partial charge in [0, 0.05) is 51.0 Å².